The van der Waals surface area contributed by atoms with Crippen molar-refractivity contribution in [3.05, 3.63) is 30.3 Å². The summed E-state index contributed by atoms with van der Waals surface area (Å²) >= 11 is 1.24. The summed E-state index contributed by atoms with van der Waals surface area (Å²) < 4.78 is 1.82. The fraction of sp³-hybridized carbons (Fsp3) is 0.286. The third-order valence-corrected chi connectivity index (χ3v) is 4.12. The molecule has 116 valence electrons. The van der Waals surface area contributed by atoms with Gasteiger partial charge in [0, 0.05) is 19.7 Å². The van der Waals surface area contributed by atoms with Gasteiger partial charge in [-0.1, -0.05) is 42.1 Å². The second-order valence-electron chi connectivity index (χ2n) is 4.56. The van der Waals surface area contributed by atoms with E-state index in [1.807, 2.05) is 41.9 Å². The van der Waals surface area contributed by atoms with Crippen LogP contribution < -0.4 is 10.6 Å². The van der Waals surface area contributed by atoms with E-state index in [9.17, 15) is 9.59 Å². The molecule has 2 N–H and O–H groups in total. The Balaban J connectivity index is 2.10. The molecular formula is C14H17N5O2S. The first kappa shape index (κ1) is 16.0. The third kappa shape index (κ3) is 3.64. The van der Waals surface area contributed by atoms with Crippen LogP contribution in [0.15, 0.2) is 35.5 Å². The second-order valence-corrected chi connectivity index (χ2v) is 5.87. The highest BCUT2D eigenvalue weighted by Crippen LogP contribution is 2.25. The zero-order chi connectivity index (χ0) is 16.1. The smallest absolute Gasteiger partial charge is 0.321 e. The molecule has 0 bridgehead atoms. The number of benzene rings is 1. The third-order valence-electron chi connectivity index (χ3n) is 2.98. The molecule has 0 aliphatic carbocycles. The molecule has 22 heavy (non-hydrogen) atoms. The molecule has 0 aliphatic rings. The molecule has 1 heterocycles. The quantitative estimate of drug-likeness (QED) is 0.832. The van der Waals surface area contributed by atoms with Crippen LogP contribution in [0.5, 0.6) is 0 Å². The van der Waals surface area contributed by atoms with Gasteiger partial charge in [-0.3, -0.25) is 10.1 Å². The monoisotopic (exact) mass is 319 g/mol. The average molecular weight is 319 g/mol. The zero-order valence-corrected chi connectivity index (χ0v) is 13.3. The average Bonchev–Trinajstić information content (AvgIpc) is 2.89. The summed E-state index contributed by atoms with van der Waals surface area (Å²) in [5.41, 5.74) is 0.951. The Morgan fingerprint density at radius 1 is 1.23 bits per heavy atom. The van der Waals surface area contributed by atoms with Crippen molar-refractivity contribution in [2.45, 2.75) is 17.3 Å². The van der Waals surface area contributed by atoms with Crippen molar-refractivity contribution >= 4 is 23.7 Å². The summed E-state index contributed by atoms with van der Waals surface area (Å²) in [5.74, 6) is 0.343. The van der Waals surface area contributed by atoms with E-state index in [4.69, 9.17) is 0 Å². The number of rotatable bonds is 4. The molecule has 0 fully saturated rings. The zero-order valence-electron chi connectivity index (χ0n) is 12.5. The highest BCUT2D eigenvalue weighted by atomic mass is 32.2. The Morgan fingerprint density at radius 2 is 1.91 bits per heavy atom. The van der Waals surface area contributed by atoms with E-state index in [1.54, 1.807) is 6.92 Å². The molecular weight excluding hydrogens is 302 g/mol. The van der Waals surface area contributed by atoms with Gasteiger partial charge in [0.05, 0.1) is 5.25 Å². The molecule has 1 atom stereocenters. The number of urea groups is 1. The molecule has 1 aromatic heterocycles. The van der Waals surface area contributed by atoms with Crippen molar-refractivity contribution < 1.29 is 9.59 Å². The number of carbonyl (C=O) groups is 2. The molecule has 3 amide bonds. The Labute approximate surface area is 132 Å². The van der Waals surface area contributed by atoms with E-state index < -0.39 is 11.3 Å². The van der Waals surface area contributed by atoms with Gasteiger partial charge in [0.15, 0.2) is 11.0 Å². The fourth-order valence-electron chi connectivity index (χ4n) is 1.74. The summed E-state index contributed by atoms with van der Waals surface area (Å²) in [6.45, 7) is 1.71. The molecule has 2 rings (SSSR count). The van der Waals surface area contributed by atoms with Gasteiger partial charge in [-0.25, -0.2) is 4.79 Å². The SMILES string of the molecule is CNC(=O)NC(=O)[C@@H](C)Sc1nnc(-c2ccccc2)n1C. The molecule has 7 nitrogen and oxygen atoms in total. The van der Waals surface area contributed by atoms with Crippen molar-refractivity contribution in [3.63, 3.8) is 0 Å². The molecule has 2 aromatic rings. The van der Waals surface area contributed by atoms with Crippen molar-refractivity contribution in [2.75, 3.05) is 7.05 Å². The Morgan fingerprint density at radius 3 is 2.55 bits per heavy atom. The van der Waals surface area contributed by atoms with Crippen LogP contribution in [0.2, 0.25) is 0 Å². The van der Waals surface area contributed by atoms with Crippen molar-refractivity contribution in [1.82, 2.24) is 25.4 Å². The fourth-order valence-corrected chi connectivity index (χ4v) is 2.56. The van der Waals surface area contributed by atoms with Crippen molar-refractivity contribution in [2.24, 2.45) is 7.05 Å². The lowest BCUT2D eigenvalue weighted by molar-refractivity contribution is -0.119. The minimum Gasteiger partial charge on any atom is -0.341 e. The molecule has 0 radical (unpaired) electrons. The lowest BCUT2D eigenvalue weighted by Crippen LogP contribution is -2.41. The van der Waals surface area contributed by atoms with Gasteiger partial charge in [0.1, 0.15) is 0 Å². The predicted molar refractivity (Wildman–Crippen MR) is 84.4 cm³/mol. The number of nitrogens with zero attached hydrogens (tertiary/aromatic N) is 3. The van der Waals surface area contributed by atoms with Crippen LogP contribution >= 0.6 is 11.8 Å². The first-order chi connectivity index (χ1) is 10.5. The maximum absolute atomic E-state index is 11.9. The van der Waals surface area contributed by atoms with Crippen molar-refractivity contribution in [3.8, 4) is 11.4 Å². The number of aromatic nitrogens is 3. The molecule has 0 aliphatic heterocycles. The second kappa shape index (κ2) is 7.08. The van der Waals surface area contributed by atoms with Gasteiger partial charge in [0.2, 0.25) is 5.91 Å². The number of hydrogen-bond donors (Lipinski definition) is 2. The van der Waals surface area contributed by atoms with Crippen LogP contribution in [-0.4, -0.2) is 39.0 Å². The number of hydrogen-bond acceptors (Lipinski definition) is 5. The van der Waals surface area contributed by atoms with E-state index >= 15 is 0 Å². The number of thioether (sulfide) groups is 1. The Bertz CT molecular complexity index is 671. The number of carbonyl (C=O) groups excluding carboxylic acids is 2. The largest absolute Gasteiger partial charge is 0.341 e. The van der Waals surface area contributed by atoms with Gasteiger partial charge < -0.3 is 9.88 Å². The van der Waals surface area contributed by atoms with E-state index in [0.29, 0.717) is 5.16 Å². The molecule has 0 spiro atoms. The highest BCUT2D eigenvalue weighted by Gasteiger charge is 2.20. The van der Waals surface area contributed by atoms with Gasteiger partial charge in [-0.2, -0.15) is 0 Å². The summed E-state index contributed by atoms with van der Waals surface area (Å²) in [5, 5.41) is 13.0. The normalized spacial score (nSPS) is 11.8. The minimum absolute atomic E-state index is 0.381. The Kier molecular flexibility index (Phi) is 5.16. The Hall–Kier alpha value is -2.35. The predicted octanol–water partition coefficient (Wildman–Crippen LogP) is 1.42. The first-order valence-corrected chi connectivity index (χ1v) is 7.55. The van der Waals surface area contributed by atoms with Gasteiger partial charge >= 0.3 is 6.03 Å². The van der Waals surface area contributed by atoms with Gasteiger partial charge in [0.25, 0.3) is 0 Å². The first-order valence-electron chi connectivity index (χ1n) is 6.67. The number of nitrogens with one attached hydrogen (secondary N) is 2. The molecule has 0 saturated carbocycles. The van der Waals surface area contributed by atoms with E-state index in [-0.39, 0.29) is 5.91 Å². The molecule has 0 saturated heterocycles. The van der Waals surface area contributed by atoms with Crippen LogP contribution in [0.4, 0.5) is 4.79 Å². The van der Waals surface area contributed by atoms with Crippen molar-refractivity contribution in [1.29, 1.82) is 0 Å². The molecule has 1 aromatic carbocycles. The van der Waals surface area contributed by atoms with E-state index in [0.717, 1.165) is 11.4 Å². The van der Waals surface area contributed by atoms with Crippen LogP contribution in [0, 0.1) is 0 Å². The standard InChI is InChI=1S/C14H17N5O2S/c1-9(12(20)16-13(21)15-2)22-14-18-17-11(19(14)3)10-7-5-4-6-8-10/h4-9H,1-3H3,(H2,15,16,20,21)/t9-/m1/s1. The van der Waals surface area contributed by atoms with Crippen LogP contribution in [0.25, 0.3) is 11.4 Å². The highest BCUT2D eigenvalue weighted by molar-refractivity contribution is 8.00. The van der Waals surface area contributed by atoms with E-state index in [2.05, 4.69) is 20.8 Å². The number of imide groups is 1. The lowest BCUT2D eigenvalue weighted by Gasteiger charge is -2.10. The van der Waals surface area contributed by atoms with Crippen LogP contribution in [-0.2, 0) is 11.8 Å². The summed E-state index contributed by atoms with van der Waals surface area (Å²) in [6.07, 6.45) is 0. The van der Waals surface area contributed by atoms with Gasteiger partial charge in [-0.05, 0) is 6.92 Å². The maximum Gasteiger partial charge on any atom is 0.321 e. The van der Waals surface area contributed by atoms with Crippen LogP contribution in [0.1, 0.15) is 6.92 Å². The summed E-state index contributed by atoms with van der Waals surface area (Å²) in [7, 11) is 3.29. The maximum atomic E-state index is 11.9. The molecule has 8 heteroatoms. The lowest BCUT2D eigenvalue weighted by atomic mass is 10.2. The number of amides is 3. The summed E-state index contributed by atoms with van der Waals surface area (Å²) in [4.78, 5) is 23.0. The topological polar surface area (TPSA) is 88.9 Å². The molecule has 0 unspecified atom stereocenters. The minimum atomic E-state index is -0.527. The van der Waals surface area contributed by atoms with Crippen LogP contribution in [0.3, 0.4) is 0 Å². The van der Waals surface area contributed by atoms with Gasteiger partial charge in [-0.15, -0.1) is 10.2 Å². The summed E-state index contributed by atoms with van der Waals surface area (Å²) in [6, 6.07) is 9.15. The van der Waals surface area contributed by atoms with E-state index in [1.165, 1.54) is 18.8 Å².